The zero-order valence-corrected chi connectivity index (χ0v) is 14.4. The second-order valence-corrected chi connectivity index (χ2v) is 6.82. The molecule has 1 atom stereocenters. The van der Waals surface area contributed by atoms with Crippen LogP contribution in [0, 0.1) is 0 Å². The molecule has 0 aliphatic heterocycles. The average molecular weight is 351 g/mol. The number of hydrogen-bond acceptors (Lipinski definition) is 4. The van der Waals surface area contributed by atoms with E-state index in [-0.39, 0.29) is 16.9 Å². The first-order valence-electron chi connectivity index (χ1n) is 7.81. The van der Waals surface area contributed by atoms with E-state index in [9.17, 15) is 9.59 Å². The Kier molecular flexibility index (Phi) is 5.30. The third-order valence-corrected chi connectivity index (χ3v) is 4.67. The number of pyridine rings is 1. The van der Waals surface area contributed by atoms with Gasteiger partial charge in [0.2, 0.25) is 0 Å². The van der Waals surface area contributed by atoms with Crippen LogP contribution in [0.25, 0.3) is 10.9 Å². The average Bonchev–Trinajstić information content (AvgIpc) is 2.66. The number of aromatic nitrogens is 1. The van der Waals surface area contributed by atoms with Crippen molar-refractivity contribution in [3.8, 4) is 0 Å². The van der Waals surface area contributed by atoms with Crippen LogP contribution in [0.2, 0.25) is 0 Å². The largest absolute Gasteiger partial charge is 0.288 e. The van der Waals surface area contributed by atoms with Crippen molar-refractivity contribution < 1.29 is 9.59 Å². The van der Waals surface area contributed by atoms with Gasteiger partial charge in [0.25, 0.3) is 11.8 Å². The lowest BCUT2D eigenvalue weighted by Crippen LogP contribution is -2.45. The van der Waals surface area contributed by atoms with Crippen LogP contribution >= 0.6 is 11.8 Å². The van der Waals surface area contributed by atoms with Gasteiger partial charge in [0.15, 0.2) is 0 Å². The Morgan fingerprint density at radius 3 is 2.44 bits per heavy atom. The molecule has 2 N–H and O–H groups in total. The summed E-state index contributed by atoms with van der Waals surface area (Å²) in [4.78, 5) is 29.6. The minimum absolute atomic E-state index is 0.252. The van der Waals surface area contributed by atoms with E-state index in [4.69, 9.17) is 0 Å². The number of carbonyl (C=O) groups is 2. The first kappa shape index (κ1) is 17.0. The standard InChI is InChI=1S/C19H17N3O2S/c1-13(25-15-8-3-2-4-9-15)18(23)21-22-19(24)17-12-11-14-7-5-6-10-16(14)20-17/h2-13H,1H3,(H,21,23)(H,22,24). The Balaban J connectivity index is 1.58. The van der Waals surface area contributed by atoms with Gasteiger partial charge in [-0.1, -0.05) is 42.5 Å². The molecular formula is C19H17N3O2S. The van der Waals surface area contributed by atoms with Gasteiger partial charge < -0.3 is 0 Å². The van der Waals surface area contributed by atoms with Gasteiger partial charge in [-0.25, -0.2) is 4.98 Å². The third kappa shape index (κ3) is 4.36. The number of rotatable bonds is 4. The van der Waals surface area contributed by atoms with E-state index in [1.54, 1.807) is 13.0 Å². The van der Waals surface area contributed by atoms with E-state index in [1.807, 2.05) is 60.7 Å². The predicted molar refractivity (Wildman–Crippen MR) is 99.1 cm³/mol. The zero-order valence-electron chi connectivity index (χ0n) is 13.6. The van der Waals surface area contributed by atoms with E-state index in [0.717, 1.165) is 15.8 Å². The molecule has 0 saturated heterocycles. The Morgan fingerprint density at radius 1 is 0.920 bits per heavy atom. The molecule has 2 amide bonds. The van der Waals surface area contributed by atoms with E-state index in [1.165, 1.54) is 11.8 Å². The number of hydrogen-bond donors (Lipinski definition) is 2. The fourth-order valence-corrected chi connectivity index (χ4v) is 3.12. The highest BCUT2D eigenvalue weighted by molar-refractivity contribution is 8.00. The van der Waals surface area contributed by atoms with Gasteiger partial charge in [-0.15, -0.1) is 11.8 Å². The number of thioether (sulfide) groups is 1. The molecule has 0 fully saturated rings. The molecule has 25 heavy (non-hydrogen) atoms. The Hall–Kier alpha value is -2.86. The van der Waals surface area contributed by atoms with Gasteiger partial charge in [0.05, 0.1) is 10.8 Å². The minimum Gasteiger partial charge on any atom is -0.272 e. The smallest absolute Gasteiger partial charge is 0.272 e. The van der Waals surface area contributed by atoms with Crippen LogP contribution in [-0.4, -0.2) is 22.0 Å². The first-order valence-corrected chi connectivity index (χ1v) is 8.69. The summed E-state index contributed by atoms with van der Waals surface area (Å²) in [6.45, 7) is 1.79. The molecule has 3 rings (SSSR count). The van der Waals surface area contributed by atoms with Crippen molar-refractivity contribution in [3.05, 3.63) is 72.4 Å². The number of fused-ring (bicyclic) bond motifs is 1. The number of para-hydroxylation sites is 1. The fourth-order valence-electron chi connectivity index (χ4n) is 2.23. The number of carbonyl (C=O) groups excluding carboxylic acids is 2. The number of hydrazine groups is 1. The molecule has 0 spiro atoms. The number of nitrogens with zero attached hydrogens (tertiary/aromatic N) is 1. The summed E-state index contributed by atoms with van der Waals surface area (Å²) < 4.78 is 0. The van der Waals surface area contributed by atoms with E-state index >= 15 is 0 Å². The second-order valence-electron chi connectivity index (χ2n) is 5.41. The van der Waals surface area contributed by atoms with Crippen molar-refractivity contribution in [2.45, 2.75) is 17.1 Å². The van der Waals surface area contributed by atoms with Crippen molar-refractivity contribution in [1.29, 1.82) is 0 Å². The molecule has 0 saturated carbocycles. The maximum absolute atomic E-state index is 12.2. The maximum Gasteiger partial charge on any atom is 0.288 e. The monoisotopic (exact) mass is 351 g/mol. The molecule has 0 aliphatic carbocycles. The molecule has 0 aliphatic rings. The third-order valence-electron chi connectivity index (χ3n) is 3.56. The first-order chi connectivity index (χ1) is 12.1. The molecule has 3 aromatic rings. The lowest BCUT2D eigenvalue weighted by atomic mass is 10.2. The van der Waals surface area contributed by atoms with Gasteiger partial charge in [-0.3, -0.25) is 20.4 Å². The summed E-state index contributed by atoms with van der Waals surface area (Å²) in [5, 5.41) is 0.614. The Labute approximate surface area is 149 Å². The van der Waals surface area contributed by atoms with Crippen molar-refractivity contribution >= 4 is 34.5 Å². The molecule has 1 heterocycles. The van der Waals surface area contributed by atoms with E-state index in [0.29, 0.717) is 0 Å². The molecule has 6 heteroatoms. The molecule has 0 bridgehead atoms. The van der Waals surface area contributed by atoms with Crippen molar-refractivity contribution in [2.75, 3.05) is 0 Å². The van der Waals surface area contributed by atoms with Crippen LogP contribution in [0.4, 0.5) is 0 Å². The number of benzene rings is 2. The quantitative estimate of drug-likeness (QED) is 0.559. The lowest BCUT2D eigenvalue weighted by Gasteiger charge is -2.12. The topological polar surface area (TPSA) is 71.1 Å². The molecule has 5 nitrogen and oxygen atoms in total. The van der Waals surface area contributed by atoms with Gasteiger partial charge in [-0.05, 0) is 31.2 Å². The second kappa shape index (κ2) is 7.81. The van der Waals surface area contributed by atoms with Crippen LogP contribution in [0.15, 0.2) is 71.6 Å². The van der Waals surface area contributed by atoms with Crippen molar-refractivity contribution in [1.82, 2.24) is 15.8 Å². The molecule has 1 aromatic heterocycles. The summed E-state index contributed by atoms with van der Waals surface area (Å²) in [7, 11) is 0. The van der Waals surface area contributed by atoms with Crippen molar-refractivity contribution in [3.63, 3.8) is 0 Å². The maximum atomic E-state index is 12.2. The zero-order chi connectivity index (χ0) is 17.6. The normalized spacial score (nSPS) is 11.7. The summed E-state index contributed by atoms with van der Waals surface area (Å²) in [6.07, 6.45) is 0. The fraction of sp³-hybridized carbons (Fsp3) is 0.105. The SMILES string of the molecule is CC(Sc1ccccc1)C(=O)NNC(=O)c1ccc2ccccc2n1. The van der Waals surface area contributed by atoms with E-state index < -0.39 is 5.91 Å². The van der Waals surface area contributed by atoms with Gasteiger partial charge in [0.1, 0.15) is 5.69 Å². The molecule has 0 radical (unpaired) electrons. The summed E-state index contributed by atoms with van der Waals surface area (Å²) >= 11 is 1.42. The van der Waals surface area contributed by atoms with Crippen LogP contribution in [0.3, 0.4) is 0 Å². The molecule has 126 valence electrons. The minimum atomic E-state index is -0.448. The van der Waals surface area contributed by atoms with Crippen LogP contribution in [0.1, 0.15) is 17.4 Å². The Morgan fingerprint density at radius 2 is 1.64 bits per heavy atom. The highest BCUT2D eigenvalue weighted by Gasteiger charge is 2.16. The predicted octanol–water partition coefficient (Wildman–Crippen LogP) is 3.18. The molecule has 1 unspecified atom stereocenters. The summed E-state index contributed by atoms with van der Waals surface area (Å²) in [6, 6.07) is 20.6. The highest BCUT2D eigenvalue weighted by Crippen LogP contribution is 2.22. The van der Waals surface area contributed by atoms with Gasteiger partial charge >= 0.3 is 0 Å². The van der Waals surface area contributed by atoms with Crippen LogP contribution in [0.5, 0.6) is 0 Å². The Bertz CT molecular complexity index is 899. The summed E-state index contributed by atoms with van der Waals surface area (Å²) in [5.74, 6) is -0.723. The molecular weight excluding hydrogens is 334 g/mol. The highest BCUT2D eigenvalue weighted by atomic mass is 32.2. The van der Waals surface area contributed by atoms with Gasteiger partial charge in [-0.2, -0.15) is 0 Å². The number of nitrogens with one attached hydrogen (secondary N) is 2. The van der Waals surface area contributed by atoms with Crippen LogP contribution in [-0.2, 0) is 4.79 Å². The van der Waals surface area contributed by atoms with Crippen LogP contribution < -0.4 is 10.9 Å². The number of amides is 2. The van der Waals surface area contributed by atoms with Gasteiger partial charge in [0, 0.05) is 10.3 Å². The molecule has 2 aromatic carbocycles. The summed E-state index contributed by atoms with van der Waals surface area (Å²) in [5.41, 5.74) is 5.85. The lowest BCUT2D eigenvalue weighted by molar-refractivity contribution is -0.121. The van der Waals surface area contributed by atoms with Crippen molar-refractivity contribution in [2.24, 2.45) is 0 Å². The van der Waals surface area contributed by atoms with E-state index in [2.05, 4.69) is 15.8 Å².